The van der Waals surface area contributed by atoms with Gasteiger partial charge in [-0.05, 0) is 41.4 Å². The molecule has 1 aliphatic carbocycles. The number of aryl methyl sites for hydroxylation is 1. The monoisotopic (exact) mass is 487 g/mol. The SMILES string of the molecule is C[s+]1cccc1CN1CC[C@](C#N)(NC(=O)[C@H](CC(=O)N2CCOCC2)CC2CCCCC2)C1. The van der Waals surface area contributed by atoms with Crippen LogP contribution >= 0.6 is 10.5 Å². The Morgan fingerprint density at radius 3 is 2.71 bits per heavy atom. The lowest BCUT2D eigenvalue weighted by molar-refractivity contribution is -0.140. The Morgan fingerprint density at radius 1 is 1.26 bits per heavy atom. The van der Waals surface area contributed by atoms with Crippen LogP contribution in [-0.4, -0.2) is 66.5 Å². The third kappa shape index (κ3) is 6.38. The van der Waals surface area contributed by atoms with Gasteiger partial charge in [0.1, 0.15) is 17.2 Å². The predicted octanol–water partition coefficient (Wildman–Crippen LogP) is 3.39. The van der Waals surface area contributed by atoms with Crippen molar-refractivity contribution in [3.05, 3.63) is 22.4 Å². The molecule has 3 fully saturated rings. The maximum atomic E-state index is 13.6. The first kappa shape index (κ1) is 25.2. The minimum absolute atomic E-state index is 0.0361. The Bertz CT molecular complexity index is 885. The summed E-state index contributed by atoms with van der Waals surface area (Å²) in [6.45, 7) is 4.48. The number of hydrogen-bond acceptors (Lipinski definition) is 5. The van der Waals surface area contributed by atoms with E-state index in [1.54, 1.807) is 0 Å². The van der Waals surface area contributed by atoms with Crippen molar-refractivity contribution in [2.75, 3.05) is 39.4 Å². The van der Waals surface area contributed by atoms with Crippen LogP contribution in [0.1, 0.15) is 56.2 Å². The van der Waals surface area contributed by atoms with Crippen molar-refractivity contribution < 1.29 is 14.3 Å². The van der Waals surface area contributed by atoms with Gasteiger partial charge in [0.25, 0.3) is 0 Å². The summed E-state index contributed by atoms with van der Waals surface area (Å²) in [7, 11) is 0.152. The van der Waals surface area contributed by atoms with Crippen LogP contribution in [0.5, 0.6) is 0 Å². The van der Waals surface area contributed by atoms with Gasteiger partial charge in [0, 0.05) is 38.5 Å². The van der Waals surface area contributed by atoms with Crippen molar-refractivity contribution in [2.24, 2.45) is 18.1 Å². The Hall–Kier alpha value is -1.95. The van der Waals surface area contributed by atoms with Gasteiger partial charge in [-0.25, -0.2) is 0 Å². The van der Waals surface area contributed by atoms with E-state index in [2.05, 4.69) is 40.1 Å². The second-order valence-electron chi connectivity index (χ2n) is 10.3. The Kier molecular flexibility index (Phi) is 8.62. The molecule has 3 heterocycles. The average molecular weight is 488 g/mol. The molecule has 2 amide bonds. The second kappa shape index (κ2) is 11.7. The molecule has 0 spiro atoms. The van der Waals surface area contributed by atoms with Crippen molar-refractivity contribution in [3.63, 3.8) is 0 Å². The summed E-state index contributed by atoms with van der Waals surface area (Å²) < 4.78 is 5.38. The van der Waals surface area contributed by atoms with Crippen LogP contribution in [0.3, 0.4) is 0 Å². The van der Waals surface area contributed by atoms with Crippen molar-refractivity contribution in [2.45, 2.75) is 63.5 Å². The highest BCUT2D eigenvalue weighted by Gasteiger charge is 2.42. The van der Waals surface area contributed by atoms with Crippen LogP contribution in [0, 0.1) is 23.2 Å². The number of rotatable bonds is 8. The molecule has 0 bridgehead atoms. The molecule has 186 valence electrons. The number of thiophene rings is 1. The van der Waals surface area contributed by atoms with Gasteiger partial charge in [-0.3, -0.25) is 14.5 Å². The number of hydrogen-bond donors (Lipinski definition) is 1. The lowest BCUT2D eigenvalue weighted by Gasteiger charge is -2.31. The molecule has 2 saturated heterocycles. The van der Waals surface area contributed by atoms with Crippen LogP contribution in [0.2, 0.25) is 0 Å². The van der Waals surface area contributed by atoms with Gasteiger partial charge in [0.2, 0.25) is 11.8 Å². The predicted molar refractivity (Wildman–Crippen MR) is 133 cm³/mol. The summed E-state index contributed by atoms with van der Waals surface area (Å²) in [5, 5.41) is 15.4. The van der Waals surface area contributed by atoms with Gasteiger partial charge in [-0.1, -0.05) is 32.1 Å². The molecule has 7 nitrogen and oxygen atoms in total. The minimum Gasteiger partial charge on any atom is -0.378 e. The highest BCUT2D eigenvalue weighted by atomic mass is 32.2. The fourth-order valence-corrected chi connectivity index (χ4v) is 6.85. The fraction of sp³-hybridized carbons (Fsp3) is 0.731. The number of ether oxygens (including phenoxy) is 1. The summed E-state index contributed by atoms with van der Waals surface area (Å²) in [6, 6.07) is 6.71. The zero-order valence-electron chi connectivity index (χ0n) is 20.5. The van der Waals surface area contributed by atoms with Crippen LogP contribution in [-0.2, 0) is 27.1 Å². The molecule has 1 unspecified atom stereocenters. The topological polar surface area (TPSA) is 85.7 Å². The normalized spacial score (nSPS) is 25.6. The van der Waals surface area contributed by atoms with Crippen LogP contribution in [0.25, 0.3) is 0 Å². The molecule has 34 heavy (non-hydrogen) atoms. The molecule has 1 saturated carbocycles. The van der Waals surface area contributed by atoms with Crippen molar-refractivity contribution >= 4 is 22.3 Å². The van der Waals surface area contributed by atoms with Crippen LogP contribution < -0.4 is 5.32 Å². The molecule has 0 aromatic carbocycles. The highest BCUT2D eigenvalue weighted by Crippen LogP contribution is 2.32. The second-order valence-corrected chi connectivity index (χ2v) is 12.2. The summed E-state index contributed by atoms with van der Waals surface area (Å²) in [6.07, 6.45) is 9.75. The Morgan fingerprint density at radius 2 is 2.03 bits per heavy atom. The molecule has 0 radical (unpaired) electrons. The average Bonchev–Trinajstić information content (AvgIpc) is 3.46. The van der Waals surface area contributed by atoms with E-state index >= 15 is 0 Å². The first-order valence-corrected chi connectivity index (χ1v) is 14.5. The maximum Gasteiger partial charge on any atom is 0.224 e. The standard InChI is InChI=1S/C26H38N4O3S/c1-34-15-5-8-23(34)18-29-10-9-26(19-27,20-29)28-25(32)22(16-21-6-3-2-4-7-21)17-24(31)30-11-13-33-14-12-30/h5,8,15,21-22H,2-4,6-7,9-14,16-18,20H2,1H3/p+1/t22-,26+,34?/m0/s1. The van der Waals surface area contributed by atoms with E-state index in [-0.39, 0.29) is 34.6 Å². The van der Waals surface area contributed by atoms with Gasteiger partial charge >= 0.3 is 0 Å². The molecule has 1 aromatic rings. The summed E-state index contributed by atoms with van der Waals surface area (Å²) in [5.41, 5.74) is -0.872. The Labute approximate surface area is 206 Å². The molecule has 4 rings (SSSR count). The molecule has 8 heteroatoms. The van der Waals surface area contributed by atoms with Gasteiger partial charge in [0.15, 0.2) is 4.88 Å². The van der Waals surface area contributed by atoms with Gasteiger partial charge in [-0.2, -0.15) is 5.26 Å². The number of carbonyl (C=O) groups excluding carboxylic acids is 2. The lowest BCUT2D eigenvalue weighted by atomic mass is 9.81. The number of carbonyl (C=O) groups is 2. The number of nitriles is 1. The van der Waals surface area contributed by atoms with Crippen LogP contribution in [0.15, 0.2) is 17.5 Å². The minimum atomic E-state index is -0.872. The fourth-order valence-electron chi connectivity index (χ4n) is 5.68. The zero-order chi connectivity index (χ0) is 24.0. The smallest absolute Gasteiger partial charge is 0.224 e. The van der Waals surface area contributed by atoms with Gasteiger partial charge < -0.3 is 15.0 Å². The number of likely N-dealkylation sites (tertiary alicyclic amines) is 1. The first-order chi connectivity index (χ1) is 16.5. The third-order valence-corrected chi connectivity index (χ3v) is 9.44. The first-order valence-electron chi connectivity index (χ1n) is 12.8. The number of nitrogens with one attached hydrogen (secondary N) is 1. The van der Waals surface area contributed by atoms with E-state index in [0.29, 0.717) is 45.2 Å². The summed E-state index contributed by atoms with van der Waals surface area (Å²) in [4.78, 5) is 32.1. The molecule has 3 atom stereocenters. The molecule has 2 aliphatic heterocycles. The van der Waals surface area contributed by atoms with Crippen molar-refractivity contribution in [1.82, 2.24) is 15.1 Å². The highest BCUT2D eigenvalue weighted by molar-refractivity contribution is 7.28. The molecular formula is C26H39N4O3S+. The van der Waals surface area contributed by atoms with E-state index in [0.717, 1.165) is 32.4 Å². The molecule has 1 N–H and O–H groups in total. The number of nitrogens with zero attached hydrogens (tertiary/aromatic N) is 3. The van der Waals surface area contributed by atoms with E-state index < -0.39 is 5.54 Å². The maximum absolute atomic E-state index is 13.6. The Balaban J connectivity index is 1.41. The van der Waals surface area contributed by atoms with E-state index in [1.807, 2.05) is 4.90 Å². The largest absolute Gasteiger partial charge is 0.378 e. The quantitative estimate of drug-likeness (QED) is 0.568. The molecular weight excluding hydrogens is 448 g/mol. The van der Waals surface area contributed by atoms with Gasteiger partial charge in [-0.15, -0.1) is 0 Å². The van der Waals surface area contributed by atoms with Crippen molar-refractivity contribution in [1.29, 1.82) is 5.26 Å². The molecule has 3 aliphatic rings. The van der Waals surface area contributed by atoms with E-state index in [1.165, 1.54) is 24.1 Å². The number of amides is 2. The van der Waals surface area contributed by atoms with Gasteiger partial charge in [0.05, 0.1) is 25.8 Å². The summed E-state index contributed by atoms with van der Waals surface area (Å²) >= 11 is 0. The van der Waals surface area contributed by atoms with Crippen molar-refractivity contribution in [3.8, 4) is 6.07 Å². The van der Waals surface area contributed by atoms with E-state index in [9.17, 15) is 14.9 Å². The van der Waals surface area contributed by atoms with E-state index in [4.69, 9.17) is 4.74 Å². The zero-order valence-corrected chi connectivity index (χ0v) is 21.3. The molecule has 1 aromatic heterocycles. The van der Waals surface area contributed by atoms with Crippen LogP contribution in [0.4, 0.5) is 0 Å². The summed E-state index contributed by atoms with van der Waals surface area (Å²) in [5.74, 6) is 0.0342. The lowest BCUT2D eigenvalue weighted by Crippen LogP contribution is -2.52. The number of morpholine rings is 1. The third-order valence-electron chi connectivity index (χ3n) is 7.78.